The molecule has 0 aliphatic heterocycles. The second kappa shape index (κ2) is 7.00. The molecule has 2 atom stereocenters. The van der Waals surface area contributed by atoms with E-state index < -0.39 is 0 Å². The first-order valence-electron chi connectivity index (χ1n) is 9.70. The Balaban J connectivity index is 1.71. The molecule has 0 heterocycles. The number of nitrogens with two attached hydrogens (primary N) is 1. The average Bonchev–Trinajstić information content (AvgIpc) is 2.86. The van der Waals surface area contributed by atoms with Gasteiger partial charge in [-0.25, -0.2) is 0 Å². The van der Waals surface area contributed by atoms with E-state index in [9.17, 15) is 0 Å². The molecule has 122 valence electrons. The van der Waals surface area contributed by atoms with Gasteiger partial charge in [0.1, 0.15) is 0 Å². The fraction of sp³-hybridized carbons (Fsp3) is 1.00. The van der Waals surface area contributed by atoms with Crippen LogP contribution in [0.15, 0.2) is 0 Å². The summed E-state index contributed by atoms with van der Waals surface area (Å²) in [6, 6.07) is 2.17. The average molecular weight is 293 g/mol. The fourth-order valence-corrected chi connectivity index (χ4v) is 5.25. The molecule has 0 amide bonds. The zero-order valence-electron chi connectivity index (χ0n) is 14.2. The van der Waals surface area contributed by atoms with Crippen LogP contribution in [0, 0.1) is 5.41 Å². The Kier molecular flexibility index (Phi) is 5.27. The van der Waals surface area contributed by atoms with E-state index >= 15 is 0 Å². The largest absolute Gasteiger partial charge is 0.327 e. The normalized spacial score (nSPS) is 36.4. The molecule has 21 heavy (non-hydrogen) atoms. The maximum Gasteiger partial charge on any atom is 0.0105 e. The first-order chi connectivity index (χ1) is 10.2. The lowest BCUT2D eigenvalue weighted by molar-refractivity contribution is 0.0356. The highest BCUT2D eigenvalue weighted by molar-refractivity contribution is 4.96. The summed E-state index contributed by atoms with van der Waals surface area (Å²) in [7, 11) is 0. The minimum atomic E-state index is 0.384. The molecule has 0 aromatic rings. The first kappa shape index (κ1) is 15.8. The van der Waals surface area contributed by atoms with Gasteiger partial charge in [-0.15, -0.1) is 0 Å². The van der Waals surface area contributed by atoms with Gasteiger partial charge in [0.2, 0.25) is 0 Å². The molecule has 2 unspecified atom stereocenters. The molecule has 3 fully saturated rings. The van der Waals surface area contributed by atoms with Crippen LogP contribution in [0.2, 0.25) is 0 Å². The SMILES string of the molecule is CC1(CN(C2CCCCC2)C2CCCCC2)CCCC1N. The molecule has 2 heteroatoms. The number of rotatable bonds is 4. The van der Waals surface area contributed by atoms with Crippen LogP contribution in [0.4, 0.5) is 0 Å². The van der Waals surface area contributed by atoms with E-state index in [1.165, 1.54) is 90.0 Å². The van der Waals surface area contributed by atoms with Crippen molar-refractivity contribution < 1.29 is 0 Å². The summed E-state index contributed by atoms with van der Waals surface area (Å²) in [6.45, 7) is 3.76. The summed E-state index contributed by atoms with van der Waals surface area (Å²) >= 11 is 0. The van der Waals surface area contributed by atoms with Crippen LogP contribution in [0.3, 0.4) is 0 Å². The molecule has 0 aromatic heterocycles. The van der Waals surface area contributed by atoms with Crippen molar-refractivity contribution in [3.8, 4) is 0 Å². The summed E-state index contributed by atoms with van der Waals surface area (Å²) < 4.78 is 0. The van der Waals surface area contributed by atoms with Crippen molar-refractivity contribution in [2.75, 3.05) is 6.54 Å². The highest BCUT2D eigenvalue weighted by Crippen LogP contribution is 2.40. The predicted molar refractivity (Wildman–Crippen MR) is 90.4 cm³/mol. The molecule has 2 nitrogen and oxygen atoms in total. The summed E-state index contributed by atoms with van der Waals surface area (Å²) in [5.74, 6) is 0. The highest BCUT2D eigenvalue weighted by Gasteiger charge is 2.41. The first-order valence-corrected chi connectivity index (χ1v) is 9.70. The Morgan fingerprint density at radius 3 is 1.76 bits per heavy atom. The van der Waals surface area contributed by atoms with Crippen molar-refractivity contribution in [2.45, 2.75) is 109 Å². The maximum absolute atomic E-state index is 6.49. The Morgan fingerprint density at radius 2 is 1.33 bits per heavy atom. The van der Waals surface area contributed by atoms with Gasteiger partial charge >= 0.3 is 0 Å². The molecule has 0 spiro atoms. The monoisotopic (exact) mass is 292 g/mol. The van der Waals surface area contributed by atoms with Gasteiger partial charge in [-0.2, -0.15) is 0 Å². The van der Waals surface area contributed by atoms with Crippen molar-refractivity contribution in [2.24, 2.45) is 11.1 Å². The van der Waals surface area contributed by atoms with E-state index in [1.54, 1.807) is 0 Å². The van der Waals surface area contributed by atoms with Gasteiger partial charge in [0.25, 0.3) is 0 Å². The summed E-state index contributed by atoms with van der Waals surface area (Å²) in [6.07, 6.45) is 18.5. The van der Waals surface area contributed by atoms with E-state index in [0.29, 0.717) is 11.5 Å². The Morgan fingerprint density at radius 1 is 0.810 bits per heavy atom. The molecule has 0 bridgehead atoms. The van der Waals surface area contributed by atoms with Gasteiger partial charge < -0.3 is 5.73 Å². The van der Waals surface area contributed by atoms with Gasteiger partial charge in [-0.1, -0.05) is 51.9 Å². The van der Waals surface area contributed by atoms with E-state index in [-0.39, 0.29) is 0 Å². The smallest absolute Gasteiger partial charge is 0.0105 e. The van der Waals surface area contributed by atoms with Crippen molar-refractivity contribution in [3.63, 3.8) is 0 Å². The third kappa shape index (κ3) is 3.64. The molecule has 3 rings (SSSR count). The summed E-state index contributed by atoms with van der Waals surface area (Å²) in [5, 5.41) is 0. The molecular formula is C19H36N2. The number of nitrogens with zero attached hydrogens (tertiary/aromatic N) is 1. The third-order valence-corrected chi connectivity index (χ3v) is 6.79. The van der Waals surface area contributed by atoms with Crippen molar-refractivity contribution >= 4 is 0 Å². The van der Waals surface area contributed by atoms with Crippen LogP contribution < -0.4 is 5.73 Å². The van der Waals surface area contributed by atoms with E-state index in [1.807, 2.05) is 0 Å². The summed E-state index contributed by atoms with van der Waals surface area (Å²) in [4.78, 5) is 2.96. The second-order valence-electron chi connectivity index (χ2n) is 8.41. The van der Waals surface area contributed by atoms with E-state index in [4.69, 9.17) is 5.73 Å². The number of hydrogen-bond donors (Lipinski definition) is 1. The predicted octanol–water partition coefficient (Wildman–Crippen LogP) is 4.47. The number of hydrogen-bond acceptors (Lipinski definition) is 2. The lowest BCUT2D eigenvalue weighted by Gasteiger charge is -2.46. The lowest BCUT2D eigenvalue weighted by atomic mass is 9.81. The minimum absolute atomic E-state index is 0.384. The fourth-order valence-electron chi connectivity index (χ4n) is 5.25. The van der Waals surface area contributed by atoms with Crippen LogP contribution in [0.5, 0.6) is 0 Å². The van der Waals surface area contributed by atoms with Crippen LogP contribution in [0.25, 0.3) is 0 Å². The molecule has 2 N–H and O–H groups in total. The van der Waals surface area contributed by atoms with Crippen LogP contribution in [0.1, 0.15) is 90.4 Å². The lowest BCUT2D eigenvalue weighted by Crippen LogP contribution is -2.52. The van der Waals surface area contributed by atoms with Crippen molar-refractivity contribution in [3.05, 3.63) is 0 Å². The van der Waals surface area contributed by atoms with Gasteiger partial charge in [0.15, 0.2) is 0 Å². The highest BCUT2D eigenvalue weighted by atomic mass is 15.2. The topological polar surface area (TPSA) is 29.3 Å². The van der Waals surface area contributed by atoms with Gasteiger partial charge in [0, 0.05) is 24.7 Å². The third-order valence-electron chi connectivity index (χ3n) is 6.79. The summed E-state index contributed by atoms with van der Waals surface area (Å²) in [5.41, 5.74) is 6.88. The van der Waals surface area contributed by atoms with Gasteiger partial charge in [-0.05, 0) is 43.9 Å². The van der Waals surface area contributed by atoms with E-state index in [0.717, 1.165) is 12.1 Å². The zero-order chi connectivity index (χ0) is 14.7. The maximum atomic E-state index is 6.49. The molecule has 3 saturated carbocycles. The minimum Gasteiger partial charge on any atom is -0.327 e. The quantitative estimate of drug-likeness (QED) is 0.828. The van der Waals surface area contributed by atoms with Crippen LogP contribution >= 0.6 is 0 Å². The molecule has 3 aliphatic carbocycles. The van der Waals surface area contributed by atoms with E-state index in [2.05, 4.69) is 11.8 Å². The standard InChI is InChI=1S/C19H36N2/c1-19(14-8-13-18(19)20)15-21(16-9-4-2-5-10-16)17-11-6-3-7-12-17/h16-18H,2-15,20H2,1H3. The van der Waals surface area contributed by atoms with Gasteiger partial charge in [0.05, 0.1) is 0 Å². The Bertz CT molecular complexity index is 300. The Labute approximate surface area is 131 Å². The second-order valence-corrected chi connectivity index (χ2v) is 8.41. The molecule has 0 radical (unpaired) electrons. The van der Waals surface area contributed by atoms with Crippen molar-refractivity contribution in [1.82, 2.24) is 4.90 Å². The molecule has 3 aliphatic rings. The Hall–Kier alpha value is -0.0800. The zero-order valence-corrected chi connectivity index (χ0v) is 14.2. The molecular weight excluding hydrogens is 256 g/mol. The van der Waals surface area contributed by atoms with Crippen molar-refractivity contribution in [1.29, 1.82) is 0 Å². The molecule has 0 saturated heterocycles. The van der Waals surface area contributed by atoms with Crippen LogP contribution in [-0.4, -0.2) is 29.6 Å². The van der Waals surface area contributed by atoms with Crippen LogP contribution in [-0.2, 0) is 0 Å². The van der Waals surface area contributed by atoms with Gasteiger partial charge in [-0.3, -0.25) is 4.90 Å². The molecule has 0 aromatic carbocycles.